The summed E-state index contributed by atoms with van der Waals surface area (Å²) in [6.07, 6.45) is 2.57. The van der Waals surface area contributed by atoms with Crippen LogP contribution in [-0.2, 0) is 4.84 Å². The number of benzene rings is 2. The Morgan fingerprint density at radius 1 is 1.18 bits per heavy atom. The van der Waals surface area contributed by atoms with Gasteiger partial charge in [0.15, 0.2) is 5.11 Å². The topological polar surface area (TPSA) is 46.1 Å². The highest BCUT2D eigenvalue weighted by Gasteiger charge is 2.42. The number of piperidine rings is 1. The molecule has 1 spiro atoms. The summed E-state index contributed by atoms with van der Waals surface area (Å²) >= 11 is 11.6. The van der Waals surface area contributed by atoms with Gasteiger partial charge >= 0.3 is 0 Å². The number of oxime groups is 1. The number of nitrogens with zero attached hydrogens (tertiary/aromatic N) is 2. The molecule has 146 valence electrons. The van der Waals surface area contributed by atoms with E-state index in [1.54, 1.807) is 7.11 Å². The summed E-state index contributed by atoms with van der Waals surface area (Å²) in [4.78, 5) is 8.08. The first-order chi connectivity index (χ1) is 13.6. The smallest absolute Gasteiger partial charge is 0.173 e. The maximum atomic E-state index is 5.98. The Kier molecular flexibility index (Phi) is 5.42. The molecule has 0 aromatic heterocycles. The third-order valence-electron chi connectivity index (χ3n) is 5.33. The van der Waals surface area contributed by atoms with Gasteiger partial charge in [-0.25, -0.2) is 0 Å². The van der Waals surface area contributed by atoms with Gasteiger partial charge in [-0.3, -0.25) is 0 Å². The zero-order valence-electron chi connectivity index (χ0n) is 15.7. The van der Waals surface area contributed by atoms with Gasteiger partial charge in [-0.2, -0.15) is 0 Å². The van der Waals surface area contributed by atoms with E-state index < -0.39 is 0 Å². The zero-order valence-corrected chi connectivity index (χ0v) is 17.2. The Labute approximate surface area is 175 Å². The second-order valence-corrected chi connectivity index (χ2v) is 7.94. The van der Waals surface area contributed by atoms with E-state index in [0.717, 1.165) is 60.1 Å². The first-order valence-electron chi connectivity index (χ1n) is 9.28. The van der Waals surface area contributed by atoms with E-state index in [4.69, 9.17) is 33.4 Å². The Morgan fingerprint density at radius 2 is 1.89 bits per heavy atom. The van der Waals surface area contributed by atoms with Crippen LogP contribution < -0.4 is 10.1 Å². The van der Waals surface area contributed by atoms with E-state index in [2.05, 4.69) is 15.4 Å². The van der Waals surface area contributed by atoms with Crippen molar-refractivity contribution in [2.45, 2.75) is 24.9 Å². The summed E-state index contributed by atoms with van der Waals surface area (Å²) in [5, 5.41) is 9.09. The quantitative estimate of drug-likeness (QED) is 0.736. The molecule has 5 nitrogen and oxygen atoms in total. The maximum Gasteiger partial charge on any atom is 0.173 e. The van der Waals surface area contributed by atoms with Crippen molar-refractivity contribution in [3.63, 3.8) is 0 Å². The lowest BCUT2D eigenvalue weighted by Crippen LogP contribution is -2.48. The minimum Gasteiger partial charge on any atom is -0.495 e. The Bertz CT molecular complexity index is 893. The fraction of sp³-hybridized carbons (Fsp3) is 0.333. The number of hydrogen-bond acceptors (Lipinski definition) is 4. The van der Waals surface area contributed by atoms with Gasteiger partial charge in [0.2, 0.25) is 0 Å². The summed E-state index contributed by atoms with van der Waals surface area (Å²) in [6, 6.07) is 15.5. The predicted octanol–water partition coefficient (Wildman–Crippen LogP) is 4.70. The van der Waals surface area contributed by atoms with Crippen molar-refractivity contribution in [2.24, 2.45) is 5.16 Å². The first-order valence-corrected chi connectivity index (χ1v) is 10.1. The van der Waals surface area contributed by atoms with E-state index >= 15 is 0 Å². The molecule has 0 bridgehead atoms. The number of nitrogens with one attached hydrogen (secondary N) is 1. The standard InChI is InChI=1S/C21H22ClN3O2S/c1-26-19-5-3-2-4-17(19)23-20(28)25-12-10-21(11-13-25)14-18(24-27-21)15-6-8-16(22)9-7-15/h2-9H,10-14H2,1H3,(H,23,28). The molecule has 0 unspecified atom stereocenters. The largest absolute Gasteiger partial charge is 0.495 e. The van der Waals surface area contributed by atoms with Crippen molar-refractivity contribution in [3.8, 4) is 5.75 Å². The molecule has 7 heteroatoms. The van der Waals surface area contributed by atoms with Gasteiger partial charge < -0.3 is 19.8 Å². The fourth-order valence-corrected chi connectivity index (χ4v) is 4.06. The molecule has 0 amide bonds. The lowest BCUT2D eigenvalue weighted by atomic mass is 9.85. The normalized spacial score (nSPS) is 17.8. The molecule has 0 aliphatic carbocycles. The Balaban J connectivity index is 1.35. The van der Waals surface area contributed by atoms with Crippen molar-refractivity contribution >= 4 is 40.3 Å². The van der Waals surface area contributed by atoms with Crippen LogP contribution in [0, 0.1) is 0 Å². The van der Waals surface area contributed by atoms with Gasteiger partial charge in [-0.15, -0.1) is 0 Å². The second-order valence-electron chi connectivity index (χ2n) is 7.11. The molecular weight excluding hydrogens is 394 g/mol. The van der Waals surface area contributed by atoms with E-state index in [-0.39, 0.29) is 5.60 Å². The lowest BCUT2D eigenvalue weighted by molar-refractivity contribution is -0.0521. The van der Waals surface area contributed by atoms with Crippen molar-refractivity contribution in [1.29, 1.82) is 0 Å². The Morgan fingerprint density at radius 3 is 2.61 bits per heavy atom. The highest BCUT2D eigenvalue weighted by atomic mass is 35.5. The SMILES string of the molecule is COc1ccccc1NC(=S)N1CCC2(CC1)CC(c1ccc(Cl)cc1)=NO2. The minimum atomic E-state index is -0.231. The number of para-hydroxylation sites is 2. The third kappa shape index (κ3) is 3.93. The molecule has 2 heterocycles. The number of anilines is 1. The molecule has 2 aromatic rings. The molecular formula is C21H22ClN3O2S. The van der Waals surface area contributed by atoms with Gasteiger partial charge in [-0.1, -0.05) is 41.0 Å². The predicted molar refractivity (Wildman–Crippen MR) is 116 cm³/mol. The number of hydrogen-bond donors (Lipinski definition) is 1. The zero-order chi connectivity index (χ0) is 19.6. The van der Waals surface area contributed by atoms with Crippen LogP contribution in [0.5, 0.6) is 5.75 Å². The van der Waals surface area contributed by atoms with Crippen LogP contribution >= 0.6 is 23.8 Å². The van der Waals surface area contributed by atoms with E-state index in [0.29, 0.717) is 5.11 Å². The minimum absolute atomic E-state index is 0.231. The van der Waals surface area contributed by atoms with Crippen LogP contribution in [0.25, 0.3) is 0 Å². The first kappa shape index (κ1) is 19.0. The molecule has 4 rings (SSSR count). The molecule has 0 saturated carbocycles. The molecule has 1 saturated heterocycles. The van der Waals surface area contributed by atoms with Gasteiger partial charge in [0.05, 0.1) is 18.5 Å². The molecule has 0 atom stereocenters. The summed E-state index contributed by atoms with van der Waals surface area (Å²) in [7, 11) is 1.66. The van der Waals surface area contributed by atoms with Crippen LogP contribution in [0.3, 0.4) is 0 Å². The maximum absolute atomic E-state index is 5.98. The lowest BCUT2D eigenvalue weighted by Gasteiger charge is -2.38. The number of likely N-dealkylation sites (tertiary alicyclic amines) is 1. The highest BCUT2D eigenvalue weighted by molar-refractivity contribution is 7.80. The van der Waals surface area contributed by atoms with Crippen LogP contribution in [0.1, 0.15) is 24.8 Å². The fourth-order valence-electron chi connectivity index (χ4n) is 3.65. The number of rotatable bonds is 3. The van der Waals surface area contributed by atoms with E-state index in [9.17, 15) is 0 Å². The summed E-state index contributed by atoms with van der Waals surface area (Å²) in [6.45, 7) is 1.65. The highest BCUT2D eigenvalue weighted by Crippen LogP contribution is 2.36. The Hall–Kier alpha value is -2.31. The number of methoxy groups -OCH3 is 1. The molecule has 0 radical (unpaired) electrons. The number of thiocarbonyl (C=S) groups is 1. The molecule has 2 aliphatic rings. The van der Waals surface area contributed by atoms with E-state index in [1.165, 1.54) is 0 Å². The van der Waals surface area contributed by atoms with Crippen molar-refractivity contribution in [2.75, 3.05) is 25.5 Å². The van der Waals surface area contributed by atoms with Crippen LogP contribution in [-0.4, -0.2) is 41.5 Å². The summed E-state index contributed by atoms with van der Waals surface area (Å²) in [5.41, 5.74) is 2.70. The average Bonchev–Trinajstić information content (AvgIpc) is 3.13. The van der Waals surface area contributed by atoms with Crippen molar-refractivity contribution < 1.29 is 9.57 Å². The van der Waals surface area contributed by atoms with Gasteiger partial charge in [0.1, 0.15) is 11.4 Å². The van der Waals surface area contributed by atoms with Crippen molar-refractivity contribution in [3.05, 3.63) is 59.1 Å². The van der Waals surface area contributed by atoms with Crippen LogP contribution in [0.15, 0.2) is 53.7 Å². The monoisotopic (exact) mass is 415 g/mol. The average molecular weight is 416 g/mol. The number of halogens is 1. The molecule has 28 heavy (non-hydrogen) atoms. The van der Waals surface area contributed by atoms with Gasteiger partial charge in [0, 0.05) is 37.4 Å². The number of ether oxygens (including phenoxy) is 1. The third-order valence-corrected chi connectivity index (χ3v) is 5.94. The van der Waals surface area contributed by atoms with Gasteiger partial charge in [0.25, 0.3) is 0 Å². The molecule has 2 aliphatic heterocycles. The van der Waals surface area contributed by atoms with Crippen LogP contribution in [0.4, 0.5) is 5.69 Å². The molecule has 1 fully saturated rings. The summed E-state index contributed by atoms with van der Waals surface area (Å²) < 4.78 is 5.39. The van der Waals surface area contributed by atoms with Crippen LogP contribution in [0.2, 0.25) is 5.02 Å². The molecule has 1 N–H and O–H groups in total. The second kappa shape index (κ2) is 7.97. The van der Waals surface area contributed by atoms with Crippen molar-refractivity contribution in [1.82, 2.24) is 4.90 Å². The van der Waals surface area contributed by atoms with E-state index in [1.807, 2.05) is 48.5 Å². The molecule has 2 aromatic carbocycles. The van der Waals surface area contributed by atoms with Gasteiger partial charge in [-0.05, 0) is 42.0 Å². The summed E-state index contributed by atoms with van der Waals surface area (Å²) in [5.74, 6) is 0.776.